The molecule has 2 aromatic heterocycles. The number of hydrogen-bond acceptors (Lipinski definition) is 7. The first-order valence-electron chi connectivity index (χ1n) is 8.45. The second-order valence-corrected chi connectivity index (χ2v) is 7.01. The number of likely N-dealkylation sites (tertiary alicyclic amines) is 1. The van der Waals surface area contributed by atoms with Crippen LogP contribution < -0.4 is 5.32 Å². The van der Waals surface area contributed by atoms with E-state index in [1.807, 2.05) is 6.92 Å². The van der Waals surface area contributed by atoms with Gasteiger partial charge in [0, 0.05) is 32.0 Å². The molecule has 136 valence electrons. The van der Waals surface area contributed by atoms with Crippen molar-refractivity contribution in [1.29, 1.82) is 0 Å². The van der Waals surface area contributed by atoms with Crippen LogP contribution in [0.2, 0.25) is 0 Å². The number of carbonyl (C=O) groups excluding carboxylic acids is 2. The Bertz CT molecular complexity index is 750. The molecule has 0 spiro atoms. The van der Waals surface area contributed by atoms with Crippen LogP contribution in [-0.4, -0.2) is 62.5 Å². The maximum Gasteiger partial charge on any atom is 0.409 e. The molecule has 1 aliphatic heterocycles. The number of aryl methyl sites for hydroxylation is 2. The summed E-state index contributed by atoms with van der Waals surface area (Å²) in [5.41, 5.74) is 0. The van der Waals surface area contributed by atoms with Crippen LogP contribution in [-0.2, 0) is 16.0 Å². The number of piperidine rings is 1. The second-order valence-electron chi connectivity index (χ2n) is 5.97. The summed E-state index contributed by atoms with van der Waals surface area (Å²) in [6.45, 7) is 5.24. The van der Waals surface area contributed by atoms with Gasteiger partial charge in [-0.1, -0.05) is 11.3 Å². The van der Waals surface area contributed by atoms with Crippen LogP contribution in [0.4, 0.5) is 4.79 Å². The smallest absolute Gasteiger partial charge is 0.409 e. The van der Waals surface area contributed by atoms with Crippen LogP contribution in [0.1, 0.15) is 37.0 Å². The van der Waals surface area contributed by atoms with Gasteiger partial charge < -0.3 is 15.0 Å². The lowest BCUT2D eigenvalue weighted by Crippen LogP contribution is -2.46. The fraction of sp³-hybridized carbons (Fsp3) is 0.667. The highest BCUT2D eigenvalue weighted by Crippen LogP contribution is 2.16. The lowest BCUT2D eigenvalue weighted by atomic mass is 10.1. The SMILES string of the molecule is CCOC(=O)N1CCC(NC(=O)CCc2nn3c(C)nnc3s2)CC1. The number of carbonyl (C=O) groups is 2. The lowest BCUT2D eigenvalue weighted by molar-refractivity contribution is -0.122. The van der Waals surface area contributed by atoms with E-state index in [1.54, 1.807) is 16.3 Å². The number of amides is 2. The van der Waals surface area contributed by atoms with Crippen LogP contribution in [0.3, 0.4) is 0 Å². The largest absolute Gasteiger partial charge is 0.450 e. The number of ether oxygens (including phenoxy) is 1. The number of nitrogens with zero attached hydrogens (tertiary/aromatic N) is 5. The molecule has 1 saturated heterocycles. The molecule has 0 radical (unpaired) electrons. The Morgan fingerprint density at radius 3 is 2.76 bits per heavy atom. The normalized spacial score (nSPS) is 15.5. The maximum absolute atomic E-state index is 12.1. The van der Waals surface area contributed by atoms with E-state index in [0.717, 1.165) is 28.6 Å². The molecule has 3 rings (SSSR count). The first-order valence-corrected chi connectivity index (χ1v) is 9.27. The molecular weight excluding hydrogens is 344 g/mol. The van der Waals surface area contributed by atoms with E-state index in [2.05, 4.69) is 20.6 Å². The third-order valence-corrected chi connectivity index (χ3v) is 5.10. The van der Waals surface area contributed by atoms with E-state index in [1.165, 1.54) is 11.3 Å². The monoisotopic (exact) mass is 366 g/mol. The van der Waals surface area contributed by atoms with Crippen LogP contribution in [0, 0.1) is 6.92 Å². The Morgan fingerprint density at radius 1 is 1.32 bits per heavy atom. The van der Waals surface area contributed by atoms with Crippen molar-refractivity contribution < 1.29 is 14.3 Å². The summed E-state index contributed by atoms with van der Waals surface area (Å²) in [7, 11) is 0. The highest BCUT2D eigenvalue weighted by Gasteiger charge is 2.24. The van der Waals surface area contributed by atoms with Crippen molar-refractivity contribution in [2.24, 2.45) is 0 Å². The van der Waals surface area contributed by atoms with Crippen molar-refractivity contribution in [3.05, 3.63) is 10.8 Å². The van der Waals surface area contributed by atoms with Crippen molar-refractivity contribution in [2.45, 2.75) is 45.6 Å². The molecule has 0 unspecified atom stereocenters. The molecule has 0 aliphatic carbocycles. The molecular formula is C15H22N6O3S. The second kappa shape index (κ2) is 7.77. The van der Waals surface area contributed by atoms with Crippen molar-refractivity contribution in [1.82, 2.24) is 30.0 Å². The Labute approximate surface area is 149 Å². The quantitative estimate of drug-likeness (QED) is 0.852. The van der Waals surface area contributed by atoms with Crippen LogP contribution in [0.5, 0.6) is 0 Å². The Balaban J connectivity index is 1.41. The third-order valence-electron chi connectivity index (χ3n) is 4.14. The van der Waals surface area contributed by atoms with Crippen LogP contribution >= 0.6 is 11.3 Å². The molecule has 0 bridgehead atoms. The van der Waals surface area contributed by atoms with Crippen molar-refractivity contribution in [2.75, 3.05) is 19.7 Å². The highest BCUT2D eigenvalue weighted by atomic mass is 32.1. The predicted molar refractivity (Wildman–Crippen MR) is 91.5 cm³/mol. The number of hydrogen-bond donors (Lipinski definition) is 1. The van der Waals surface area contributed by atoms with Gasteiger partial charge in [0.2, 0.25) is 10.9 Å². The molecule has 10 heteroatoms. The summed E-state index contributed by atoms with van der Waals surface area (Å²) < 4.78 is 6.69. The van der Waals surface area contributed by atoms with Gasteiger partial charge in [-0.05, 0) is 26.7 Å². The molecule has 2 amide bonds. The number of aromatic nitrogens is 4. The first kappa shape index (κ1) is 17.6. The van der Waals surface area contributed by atoms with E-state index in [4.69, 9.17) is 4.74 Å². The molecule has 25 heavy (non-hydrogen) atoms. The van der Waals surface area contributed by atoms with Gasteiger partial charge in [-0.15, -0.1) is 10.2 Å². The lowest BCUT2D eigenvalue weighted by Gasteiger charge is -2.31. The number of nitrogens with one attached hydrogen (secondary N) is 1. The molecule has 1 N–H and O–H groups in total. The number of rotatable bonds is 5. The van der Waals surface area contributed by atoms with Gasteiger partial charge in [0.15, 0.2) is 5.82 Å². The van der Waals surface area contributed by atoms with E-state index in [-0.39, 0.29) is 18.0 Å². The van der Waals surface area contributed by atoms with Gasteiger partial charge in [-0.2, -0.15) is 9.61 Å². The molecule has 3 heterocycles. The minimum atomic E-state index is -0.272. The first-order chi connectivity index (χ1) is 12.1. The summed E-state index contributed by atoms with van der Waals surface area (Å²) in [4.78, 5) is 26.2. The van der Waals surface area contributed by atoms with E-state index < -0.39 is 0 Å². The minimum Gasteiger partial charge on any atom is -0.450 e. The van der Waals surface area contributed by atoms with Gasteiger partial charge in [-0.3, -0.25) is 4.79 Å². The predicted octanol–water partition coefficient (Wildman–Crippen LogP) is 1.16. The molecule has 1 fully saturated rings. The summed E-state index contributed by atoms with van der Waals surface area (Å²) in [6, 6.07) is 0.109. The van der Waals surface area contributed by atoms with Gasteiger partial charge >= 0.3 is 6.09 Å². The maximum atomic E-state index is 12.1. The zero-order valence-electron chi connectivity index (χ0n) is 14.4. The average Bonchev–Trinajstić information content (AvgIpc) is 3.16. The molecule has 2 aromatic rings. The summed E-state index contributed by atoms with van der Waals surface area (Å²) in [6.07, 6.45) is 2.20. The zero-order chi connectivity index (χ0) is 17.8. The summed E-state index contributed by atoms with van der Waals surface area (Å²) >= 11 is 1.45. The van der Waals surface area contributed by atoms with E-state index in [9.17, 15) is 9.59 Å². The van der Waals surface area contributed by atoms with Crippen LogP contribution in [0.25, 0.3) is 4.96 Å². The van der Waals surface area contributed by atoms with Crippen molar-refractivity contribution in [3.8, 4) is 0 Å². The third kappa shape index (κ3) is 4.25. The molecule has 1 aliphatic rings. The molecule has 0 aromatic carbocycles. The molecule has 9 nitrogen and oxygen atoms in total. The number of fused-ring (bicyclic) bond motifs is 1. The van der Waals surface area contributed by atoms with E-state index in [0.29, 0.717) is 32.5 Å². The summed E-state index contributed by atoms with van der Waals surface area (Å²) in [5.74, 6) is 0.757. The average molecular weight is 366 g/mol. The van der Waals surface area contributed by atoms with E-state index >= 15 is 0 Å². The fourth-order valence-corrected chi connectivity index (χ4v) is 3.68. The zero-order valence-corrected chi connectivity index (χ0v) is 15.2. The fourth-order valence-electron chi connectivity index (χ4n) is 2.80. The Kier molecular flexibility index (Phi) is 5.47. The van der Waals surface area contributed by atoms with Gasteiger partial charge in [-0.25, -0.2) is 4.79 Å². The minimum absolute atomic E-state index is 0.0114. The van der Waals surface area contributed by atoms with Crippen molar-refractivity contribution in [3.63, 3.8) is 0 Å². The standard InChI is InChI=1S/C15H22N6O3S/c1-3-24-15(23)20-8-6-11(7-9-20)16-12(22)4-5-13-19-21-10(2)17-18-14(21)25-13/h11H,3-9H2,1-2H3,(H,16,22). The highest BCUT2D eigenvalue weighted by molar-refractivity contribution is 7.16. The van der Waals surface area contributed by atoms with Crippen molar-refractivity contribution >= 4 is 28.3 Å². The Morgan fingerprint density at radius 2 is 2.08 bits per heavy atom. The Hall–Kier alpha value is -2.23. The molecule has 0 atom stereocenters. The van der Waals surface area contributed by atoms with Crippen LogP contribution in [0.15, 0.2) is 0 Å². The van der Waals surface area contributed by atoms with Gasteiger partial charge in [0.25, 0.3) is 0 Å². The molecule has 0 saturated carbocycles. The van der Waals surface area contributed by atoms with Gasteiger partial charge in [0.05, 0.1) is 6.61 Å². The van der Waals surface area contributed by atoms with Gasteiger partial charge in [0.1, 0.15) is 5.01 Å². The topological polar surface area (TPSA) is 102 Å². The summed E-state index contributed by atoms with van der Waals surface area (Å²) in [5, 5.41) is 16.3.